The van der Waals surface area contributed by atoms with Crippen molar-refractivity contribution in [3.63, 3.8) is 0 Å². The summed E-state index contributed by atoms with van der Waals surface area (Å²) < 4.78 is 36.5. The molecule has 5 atom stereocenters. The molecule has 4 aliphatic rings. The SMILES string of the molecule is COc1cc2c(cc1-c1cccc(NC(=O)CCOCCOCCNC(=O)[C@H]3O[C@@H](CNC(=O)CN4CCN(CC(=O)O)CCN(CC(=O)O)CCN(CC(=O)O)CC4)[C@H](O)[C@@H](O)[C@H]3O)c1)-c1c(c(C(=O)N3CCOCC3(C)C)nn1-c1cc(Cl)cc(Cl)c1)CO2. The molecule has 1 aromatic heterocycles. The number of ether oxygens (including phenoxy) is 6. The second-order valence-electron chi connectivity index (χ2n) is 22.9. The molecule has 4 amide bonds. The Hall–Kier alpha value is -7.10. The van der Waals surface area contributed by atoms with Gasteiger partial charge in [0.25, 0.3) is 11.8 Å². The molecular weight excluding hydrogens is 1240 g/mol. The minimum atomic E-state index is -1.83. The Morgan fingerprint density at radius 2 is 1.30 bits per heavy atom. The number of hydrogen-bond acceptors (Lipinski definition) is 21. The van der Waals surface area contributed by atoms with Crippen LogP contribution in [0.25, 0.3) is 28.1 Å². The molecule has 91 heavy (non-hydrogen) atoms. The summed E-state index contributed by atoms with van der Waals surface area (Å²) in [6.07, 6.45) is -8.36. The fraction of sp³-hybridized carbons (Fsp3) is 0.533. The molecular formula is C60H78Cl2N10O19. The maximum Gasteiger partial charge on any atom is 0.317 e. The number of carbonyl (C=O) groups excluding carboxylic acids is 4. The molecule has 496 valence electrons. The summed E-state index contributed by atoms with van der Waals surface area (Å²) in [5.74, 6) is -4.33. The summed E-state index contributed by atoms with van der Waals surface area (Å²) >= 11 is 13.0. The van der Waals surface area contributed by atoms with E-state index in [-0.39, 0.29) is 149 Å². The number of nitrogens with one attached hydrogen (secondary N) is 3. The van der Waals surface area contributed by atoms with Gasteiger partial charge in [0.2, 0.25) is 11.8 Å². The highest BCUT2D eigenvalue weighted by Gasteiger charge is 2.47. The Labute approximate surface area is 534 Å². The third-order valence-electron chi connectivity index (χ3n) is 15.8. The Balaban J connectivity index is 0.787. The first-order valence-corrected chi connectivity index (χ1v) is 30.4. The van der Waals surface area contributed by atoms with E-state index >= 15 is 0 Å². The van der Waals surface area contributed by atoms with Gasteiger partial charge in [-0.05, 0) is 55.8 Å². The van der Waals surface area contributed by atoms with Crippen LogP contribution in [-0.4, -0.2) is 287 Å². The van der Waals surface area contributed by atoms with Crippen molar-refractivity contribution < 1.29 is 92.6 Å². The number of rotatable bonds is 25. The predicted molar refractivity (Wildman–Crippen MR) is 328 cm³/mol. The van der Waals surface area contributed by atoms with Crippen LogP contribution < -0.4 is 25.4 Å². The first-order valence-electron chi connectivity index (χ1n) is 29.7. The molecule has 8 rings (SSSR count). The van der Waals surface area contributed by atoms with E-state index < -0.39 is 65.8 Å². The lowest BCUT2D eigenvalue weighted by atomic mass is 9.94. The number of hydrogen-bond donors (Lipinski definition) is 9. The number of morpholine rings is 1. The van der Waals surface area contributed by atoms with E-state index in [0.29, 0.717) is 80.6 Å². The average Bonchev–Trinajstić information content (AvgIpc) is 1.63. The van der Waals surface area contributed by atoms with Crippen molar-refractivity contribution in [2.45, 2.75) is 62.9 Å². The topological polar surface area (TPSA) is 366 Å². The Bertz CT molecular complexity index is 3200. The zero-order valence-corrected chi connectivity index (χ0v) is 52.2. The van der Waals surface area contributed by atoms with Gasteiger partial charge in [0.05, 0.1) is 96.3 Å². The highest BCUT2D eigenvalue weighted by molar-refractivity contribution is 6.34. The number of aliphatic hydroxyl groups excluding tert-OH is 3. The number of carbonyl (C=O) groups is 7. The van der Waals surface area contributed by atoms with E-state index in [2.05, 4.69) is 16.0 Å². The van der Waals surface area contributed by atoms with E-state index in [1.807, 2.05) is 26.0 Å². The van der Waals surface area contributed by atoms with Crippen LogP contribution >= 0.6 is 23.2 Å². The molecule has 0 unspecified atom stereocenters. The molecule has 0 spiro atoms. The van der Waals surface area contributed by atoms with Crippen LogP contribution in [0.4, 0.5) is 5.69 Å². The lowest BCUT2D eigenvalue weighted by Gasteiger charge is -2.41. The summed E-state index contributed by atoms with van der Waals surface area (Å²) in [6.45, 7) is 5.01. The third-order valence-corrected chi connectivity index (χ3v) is 16.2. The first kappa shape index (κ1) is 69.8. The first-order chi connectivity index (χ1) is 43.5. The lowest BCUT2D eigenvalue weighted by Crippen LogP contribution is -2.63. The van der Waals surface area contributed by atoms with E-state index in [9.17, 15) is 64.2 Å². The molecule has 0 bridgehead atoms. The van der Waals surface area contributed by atoms with Gasteiger partial charge in [-0.25, -0.2) is 4.68 Å². The predicted octanol–water partition coefficient (Wildman–Crippen LogP) is 0.585. The molecule has 4 aromatic rings. The van der Waals surface area contributed by atoms with Crippen molar-refractivity contribution in [3.05, 3.63) is 75.9 Å². The van der Waals surface area contributed by atoms with Crippen molar-refractivity contribution in [1.82, 2.24) is 44.9 Å². The number of nitrogens with zero attached hydrogens (tertiary/aromatic N) is 7. The van der Waals surface area contributed by atoms with E-state index in [0.717, 1.165) is 0 Å². The van der Waals surface area contributed by atoms with Gasteiger partial charge in [0.1, 0.15) is 42.5 Å². The molecule has 9 N–H and O–H groups in total. The van der Waals surface area contributed by atoms with Crippen LogP contribution in [0.5, 0.6) is 11.5 Å². The average molecular weight is 1310 g/mol. The van der Waals surface area contributed by atoms with Crippen LogP contribution in [0.2, 0.25) is 10.0 Å². The molecule has 3 aromatic carbocycles. The number of amides is 4. The van der Waals surface area contributed by atoms with E-state index in [1.165, 1.54) is 7.11 Å². The summed E-state index contributed by atoms with van der Waals surface area (Å²) in [5, 5.41) is 74.4. The standard InChI is InChI=1S/C60H78Cl2N10O19/c1-60(2)35-89-20-17-71(60)59(85)52-43-34-90-45-28-44(86-3)41(27-42(45)53(43)72(66-52)40-25-37(61)24-38(62)26-40)36-5-4-6-39(23-36)65-47(73)7-18-87-21-22-88-19-8-63-58(84)57-56(83)55(82)54(81)46(91-57)29-64-48(74)30-67-9-11-68(31-49(75)76)13-15-70(33-51(79)80)16-14-69(12-10-67)32-50(77)78/h4-6,23-28,46,54-57,81-83H,7-22,29-35H2,1-3H3,(H,63,84)(H,64,74)(H,65,73)(H,75,76)(H,77,78)(H,79,80)/t46-,54-,55+,56+,57-/m0/s1. The second kappa shape index (κ2) is 32.5. The van der Waals surface area contributed by atoms with Gasteiger partial charge >= 0.3 is 17.9 Å². The van der Waals surface area contributed by atoms with Gasteiger partial charge in [0.15, 0.2) is 11.8 Å². The fourth-order valence-corrected chi connectivity index (χ4v) is 11.6. The normalized spacial score (nSPS) is 21.0. The summed E-state index contributed by atoms with van der Waals surface area (Å²) in [4.78, 5) is 97.3. The highest BCUT2D eigenvalue weighted by atomic mass is 35.5. The Kier molecular flexibility index (Phi) is 24.9. The molecule has 0 radical (unpaired) electrons. The highest BCUT2D eigenvalue weighted by Crippen LogP contribution is 2.47. The minimum absolute atomic E-state index is 0.000720. The molecule has 5 heterocycles. The molecule has 3 saturated heterocycles. The smallest absolute Gasteiger partial charge is 0.317 e. The quantitative estimate of drug-likeness (QED) is 0.0410. The van der Waals surface area contributed by atoms with Crippen LogP contribution in [-0.2, 0) is 54.3 Å². The Morgan fingerprint density at radius 3 is 1.89 bits per heavy atom. The molecule has 0 saturated carbocycles. The van der Waals surface area contributed by atoms with Crippen molar-refractivity contribution in [2.75, 3.05) is 150 Å². The Morgan fingerprint density at radius 1 is 0.692 bits per heavy atom. The fourth-order valence-electron chi connectivity index (χ4n) is 11.1. The van der Waals surface area contributed by atoms with Gasteiger partial charge in [-0.2, -0.15) is 5.10 Å². The number of anilines is 1. The van der Waals surface area contributed by atoms with E-state index in [1.54, 1.807) is 71.6 Å². The summed E-state index contributed by atoms with van der Waals surface area (Å²) in [5.41, 5.74) is 3.79. The molecule has 3 fully saturated rings. The number of carboxylic acids is 3. The number of halogens is 2. The maximum atomic E-state index is 14.4. The molecule has 4 aliphatic heterocycles. The van der Waals surface area contributed by atoms with Crippen LogP contribution in [0.1, 0.15) is 36.3 Å². The van der Waals surface area contributed by atoms with Gasteiger partial charge in [-0.1, -0.05) is 35.3 Å². The van der Waals surface area contributed by atoms with Crippen molar-refractivity contribution in [2.24, 2.45) is 0 Å². The van der Waals surface area contributed by atoms with Gasteiger partial charge in [-0.3, -0.25) is 53.2 Å². The molecule has 29 nitrogen and oxygen atoms in total. The number of aliphatic carboxylic acids is 3. The third kappa shape index (κ3) is 19.0. The van der Waals surface area contributed by atoms with Crippen molar-refractivity contribution in [3.8, 4) is 39.6 Å². The van der Waals surface area contributed by atoms with Gasteiger partial charge in [-0.15, -0.1) is 0 Å². The van der Waals surface area contributed by atoms with Crippen molar-refractivity contribution in [1.29, 1.82) is 0 Å². The number of carboxylic acid groups (broad SMARTS) is 3. The number of methoxy groups -OCH3 is 1. The van der Waals surface area contributed by atoms with E-state index in [4.69, 9.17) is 56.7 Å². The van der Waals surface area contributed by atoms with Crippen LogP contribution in [0.15, 0.2) is 54.6 Å². The minimum Gasteiger partial charge on any atom is -0.496 e. The van der Waals surface area contributed by atoms with Crippen molar-refractivity contribution >= 4 is 70.4 Å². The molecule has 31 heteroatoms. The van der Waals surface area contributed by atoms with Crippen LogP contribution in [0, 0.1) is 0 Å². The molecule has 0 aliphatic carbocycles. The van der Waals surface area contributed by atoms with Crippen LogP contribution in [0.3, 0.4) is 0 Å². The maximum absolute atomic E-state index is 14.4. The van der Waals surface area contributed by atoms with Gasteiger partial charge < -0.3 is 79.9 Å². The largest absolute Gasteiger partial charge is 0.496 e. The monoisotopic (exact) mass is 1310 g/mol. The number of benzene rings is 3. The number of fused-ring (bicyclic) bond motifs is 3. The van der Waals surface area contributed by atoms with Gasteiger partial charge in [0, 0.05) is 110 Å². The number of aromatic nitrogens is 2. The summed E-state index contributed by atoms with van der Waals surface area (Å²) in [6, 6.07) is 15.9. The zero-order valence-electron chi connectivity index (χ0n) is 50.7. The summed E-state index contributed by atoms with van der Waals surface area (Å²) in [7, 11) is 1.54. The number of aliphatic hydroxyl groups is 3. The lowest BCUT2D eigenvalue weighted by molar-refractivity contribution is -0.219. The second-order valence-corrected chi connectivity index (χ2v) is 23.8. The zero-order chi connectivity index (χ0) is 65.5.